The van der Waals surface area contributed by atoms with Crippen molar-refractivity contribution >= 4 is 17.9 Å². The molecular formula is C76H140O6. The molecule has 0 saturated heterocycles. The summed E-state index contributed by atoms with van der Waals surface area (Å²) in [6, 6.07) is 0. The lowest BCUT2D eigenvalue weighted by Crippen LogP contribution is -2.30. The zero-order valence-corrected chi connectivity index (χ0v) is 55.3. The summed E-state index contributed by atoms with van der Waals surface area (Å²) >= 11 is 0. The minimum Gasteiger partial charge on any atom is -0.462 e. The fraction of sp³-hybridized carbons (Fsp3) is 0.855. The number of unbranched alkanes of at least 4 members (excludes halogenated alkanes) is 49. The second-order valence-electron chi connectivity index (χ2n) is 24.9. The number of allylic oxidation sites excluding steroid dienone is 8. The summed E-state index contributed by atoms with van der Waals surface area (Å²) in [5.41, 5.74) is 0. The van der Waals surface area contributed by atoms with Crippen LogP contribution in [0.1, 0.15) is 400 Å². The van der Waals surface area contributed by atoms with E-state index >= 15 is 0 Å². The van der Waals surface area contributed by atoms with Gasteiger partial charge in [-0.3, -0.25) is 14.4 Å². The Labute approximate surface area is 511 Å². The lowest BCUT2D eigenvalue weighted by atomic mass is 10.0. The summed E-state index contributed by atoms with van der Waals surface area (Å²) in [5, 5.41) is 0. The van der Waals surface area contributed by atoms with E-state index in [-0.39, 0.29) is 31.1 Å². The maximum absolute atomic E-state index is 13.0. The van der Waals surface area contributed by atoms with E-state index in [1.54, 1.807) is 0 Å². The van der Waals surface area contributed by atoms with Gasteiger partial charge in [0.2, 0.25) is 0 Å². The third-order valence-corrected chi connectivity index (χ3v) is 16.6. The standard InChI is InChI=1S/C76H140O6/c1-4-7-10-13-16-19-22-25-28-31-33-34-35-36-37-38-39-40-41-42-43-46-48-51-54-57-60-63-66-69-75(78)81-72-73(71-80-74(77)68-65-62-59-56-53-50-47-44-30-27-24-21-18-15-12-9-6-3)82-76(79)70-67-64-61-58-55-52-49-45-32-29-26-23-20-17-14-11-8-5-2/h18,21-22,25,27,30-31,33,73H,4-17,19-20,23-24,26,28-29,32,34-72H2,1-3H3/b21-18-,25-22-,30-27-,33-31-. The highest BCUT2D eigenvalue weighted by Gasteiger charge is 2.19. The summed E-state index contributed by atoms with van der Waals surface area (Å²) < 4.78 is 17.0. The van der Waals surface area contributed by atoms with Crippen molar-refractivity contribution in [1.29, 1.82) is 0 Å². The van der Waals surface area contributed by atoms with E-state index in [0.717, 1.165) is 77.0 Å². The van der Waals surface area contributed by atoms with Crippen LogP contribution in [0.4, 0.5) is 0 Å². The molecule has 0 N–H and O–H groups in total. The van der Waals surface area contributed by atoms with E-state index in [9.17, 15) is 14.4 Å². The molecule has 0 spiro atoms. The molecule has 1 unspecified atom stereocenters. The molecule has 0 aromatic carbocycles. The molecule has 1 atom stereocenters. The molecule has 0 fully saturated rings. The summed E-state index contributed by atoms with van der Waals surface area (Å²) in [5.74, 6) is -0.848. The van der Waals surface area contributed by atoms with E-state index < -0.39 is 6.10 Å². The molecular weight excluding hydrogens is 1010 g/mol. The molecule has 0 aliphatic heterocycles. The topological polar surface area (TPSA) is 78.9 Å². The third-order valence-electron chi connectivity index (χ3n) is 16.6. The van der Waals surface area contributed by atoms with Gasteiger partial charge in [0, 0.05) is 19.3 Å². The van der Waals surface area contributed by atoms with E-state index in [0.29, 0.717) is 19.3 Å². The molecule has 0 bridgehead atoms. The predicted octanol–water partition coefficient (Wildman–Crippen LogP) is 25.3. The SMILES string of the molecule is CCCCC/C=C\C/C=C\CCCCCCCCCC(=O)OCC(COC(=O)CCCCCCCCCCCCCCCCCCC/C=C\C/C=C\CCCCCCC)OC(=O)CCCCCCCCCCCCCCCCCCCC. The number of carbonyl (C=O) groups excluding carboxylic acids is 3. The van der Waals surface area contributed by atoms with E-state index in [1.165, 1.54) is 283 Å². The minimum atomic E-state index is -0.775. The smallest absolute Gasteiger partial charge is 0.306 e. The Hall–Kier alpha value is -2.63. The van der Waals surface area contributed by atoms with Gasteiger partial charge in [0.05, 0.1) is 0 Å². The van der Waals surface area contributed by atoms with Crippen LogP contribution in [0.25, 0.3) is 0 Å². The van der Waals surface area contributed by atoms with Crippen LogP contribution >= 0.6 is 0 Å². The van der Waals surface area contributed by atoms with Crippen molar-refractivity contribution in [3.8, 4) is 0 Å². The summed E-state index contributed by atoms with van der Waals surface area (Å²) in [7, 11) is 0. The van der Waals surface area contributed by atoms with Crippen LogP contribution in [0.2, 0.25) is 0 Å². The van der Waals surface area contributed by atoms with Crippen molar-refractivity contribution in [2.75, 3.05) is 13.2 Å². The highest BCUT2D eigenvalue weighted by atomic mass is 16.6. The quantitative estimate of drug-likeness (QED) is 0.0261. The first-order valence-corrected chi connectivity index (χ1v) is 36.6. The van der Waals surface area contributed by atoms with Crippen molar-refractivity contribution in [1.82, 2.24) is 0 Å². The van der Waals surface area contributed by atoms with Crippen LogP contribution in [0, 0.1) is 0 Å². The monoisotopic (exact) mass is 1150 g/mol. The maximum atomic E-state index is 13.0. The first-order chi connectivity index (χ1) is 40.5. The normalized spacial score (nSPS) is 12.3. The molecule has 0 amide bonds. The van der Waals surface area contributed by atoms with Crippen molar-refractivity contribution in [3.63, 3.8) is 0 Å². The Balaban J connectivity index is 4.24. The van der Waals surface area contributed by atoms with Gasteiger partial charge in [-0.25, -0.2) is 0 Å². The number of hydrogen-bond acceptors (Lipinski definition) is 6. The molecule has 6 heteroatoms. The third kappa shape index (κ3) is 68.2. The van der Waals surface area contributed by atoms with E-state index in [4.69, 9.17) is 14.2 Å². The molecule has 0 radical (unpaired) electrons. The Morgan fingerprint density at radius 2 is 0.439 bits per heavy atom. The fourth-order valence-electron chi connectivity index (χ4n) is 11.0. The molecule has 6 nitrogen and oxygen atoms in total. The zero-order chi connectivity index (χ0) is 59.2. The predicted molar refractivity (Wildman–Crippen MR) is 358 cm³/mol. The number of hydrogen-bond donors (Lipinski definition) is 0. The van der Waals surface area contributed by atoms with Crippen molar-refractivity contribution in [2.45, 2.75) is 406 Å². The number of carbonyl (C=O) groups is 3. The Kier molecular flexibility index (Phi) is 68.6. The van der Waals surface area contributed by atoms with Crippen LogP contribution in [-0.4, -0.2) is 37.2 Å². The van der Waals surface area contributed by atoms with Gasteiger partial charge in [-0.05, 0) is 83.5 Å². The average Bonchev–Trinajstić information content (AvgIpc) is 3.47. The Morgan fingerprint density at radius 1 is 0.244 bits per heavy atom. The van der Waals surface area contributed by atoms with Crippen LogP contribution in [-0.2, 0) is 28.6 Å². The molecule has 0 rings (SSSR count). The summed E-state index contributed by atoms with van der Waals surface area (Å²) in [6.45, 7) is 6.67. The van der Waals surface area contributed by atoms with Crippen molar-refractivity contribution < 1.29 is 28.6 Å². The average molecular weight is 1150 g/mol. The molecule has 0 aliphatic rings. The van der Waals surface area contributed by atoms with Gasteiger partial charge in [-0.2, -0.15) is 0 Å². The van der Waals surface area contributed by atoms with Gasteiger partial charge < -0.3 is 14.2 Å². The van der Waals surface area contributed by atoms with Crippen molar-refractivity contribution in [3.05, 3.63) is 48.6 Å². The van der Waals surface area contributed by atoms with Gasteiger partial charge in [0.1, 0.15) is 13.2 Å². The van der Waals surface area contributed by atoms with Crippen molar-refractivity contribution in [2.24, 2.45) is 0 Å². The van der Waals surface area contributed by atoms with E-state index in [2.05, 4.69) is 69.4 Å². The van der Waals surface area contributed by atoms with Crippen LogP contribution in [0.15, 0.2) is 48.6 Å². The van der Waals surface area contributed by atoms with Crippen LogP contribution < -0.4 is 0 Å². The second kappa shape index (κ2) is 70.9. The summed E-state index contributed by atoms with van der Waals surface area (Å²) in [4.78, 5) is 38.5. The number of esters is 3. The lowest BCUT2D eigenvalue weighted by molar-refractivity contribution is -0.167. The number of rotatable bonds is 68. The first kappa shape index (κ1) is 79.4. The number of ether oxygens (including phenoxy) is 3. The molecule has 0 aromatic heterocycles. The van der Waals surface area contributed by atoms with Gasteiger partial charge in [-0.15, -0.1) is 0 Å². The zero-order valence-electron chi connectivity index (χ0n) is 55.3. The first-order valence-electron chi connectivity index (χ1n) is 36.6. The van der Waals surface area contributed by atoms with Gasteiger partial charge in [-0.1, -0.05) is 345 Å². The molecule has 0 saturated carbocycles. The molecule has 480 valence electrons. The van der Waals surface area contributed by atoms with Crippen LogP contribution in [0.3, 0.4) is 0 Å². The van der Waals surface area contributed by atoms with Gasteiger partial charge in [0.25, 0.3) is 0 Å². The second-order valence-corrected chi connectivity index (χ2v) is 24.9. The Morgan fingerprint density at radius 3 is 0.695 bits per heavy atom. The fourth-order valence-corrected chi connectivity index (χ4v) is 11.0. The Bertz CT molecular complexity index is 1410. The minimum absolute atomic E-state index is 0.0702. The highest BCUT2D eigenvalue weighted by molar-refractivity contribution is 5.71. The van der Waals surface area contributed by atoms with Crippen LogP contribution in [0.5, 0.6) is 0 Å². The molecule has 0 aliphatic carbocycles. The molecule has 0 aromatic rings. The maximum Gasteiger partial charge on any atom is 0.306 e. The molecule has 0 heterocycles. The highest BCUT2D eigenvalue weighted by Crippen LogP contribution is 2.19. The lowest BCUT2D eigenvalue weighted by Gasteiger charge is -2.18. The largest absolute Gasteiger partial charge is 0.462 e. The molecule has 82 heavy (non-hydrogen) atoms. The van der Waals surface area contributed by atoms with E-state index in [1.807, 2.05) is 0 Å². The van der Waals surface area contributed by atoms with Gasteiger partial charge >= 0.3 is 17.9 Å². The summed E-state index contributed by atoms with van der Waals surface area (Å²) in [6.07, 6.45) is 90.0. The van der Waals surface area contributed by atoms with Gasteiger partial charge in [0.15, 0.2) is 6.10 Å².